The zero-order chi connectivity index (χ0) is 19.8. The normalized spacial score (nSPS) is 10.8. The van der Waals surface area contributed by atoms with E-state index < -0.39 is 11.7 Å². The first-order valence-corrected chi connectivity index (χ1v) is 9.25. The van der Waals surface area contributed by atoms with Gasteiger partial charge in [-0.2, -0.15) is 5.10 Å². The lowest BCUT2D eigenvalue weighted by molar-refractivity contribution is -0.113. The summed E-state index contributed by atoms with van der Waals surface area (Å²) in [6.45, 7) is 0. The van der Waals surface area contributed by atoms with E-state index in [1.807, 2.05) is 30.3 Å². The lowest BCUT2D eigenvalue weighted by Crippen LogP contribution is -2.17. The maximum atomic E-state index is 12.8. The Morgan fingerprint density at radius 2 is 1.79 bits per heavy atom. The molecule has 2 aromatic carbocycles. The molecule has 0 aliphatic carbocycles. The number of nitrogens with zero attached hydrogens (tertiary/aromatic N) is 1. The van der Waals surface area contributed by atoms with Gasteiger partial charge in [0.05, 0.1) is 12.0 Å². The Bertz CT molecular complexity index is 972. The van der Waals surface area contributed by atoms with Crippen LogP contribution < -0.4 is 10.7 Å². The molecule has 2 amide bonds. The molecule has 8 heteroatoms. The third kappa shape index (κ3) is 5.82. The number of halogens is 1. The van der Waals surface area contributed by atoms with Crippen LogP contribution in [0.2, 0.25) is 0 Å². The van der Waals surface area contributed by atoms with Crippen molar-refractivity contribution in [2.45, 2.75) is 5.09 Å². The number of nitrogens with one attached hydrogen (secondary N) is 2. The summed E-state index contributed by atoms with van der Waals surface area (Å²) in [7, 11) is 0. The minimum absolute atomic E-state index is 0.144. The van der Waals surface area contributed by atoms with Crippen LogP contribution in [0, 0.1) is 5.82 Å². The van der Waals surface area contributed by atoms with Crippen molar-refractivity contribution >= 4 is 35.5 Å². The van der Waals surface area contributed by atoms with Crippen molar-refractivity contribution in [3.63, 3.8) is 0 Å². The summed E-state index contributed by atoms with van der Waals surface area (Å²) in [4.78, 5) is 23.8. The number of hydrogen-bond donors (Lipinski definition) is 2. The van der Waals surface area contributed by atoms with Crippen molar-refractivity contribution in [2.24, 2.45) is 5.10 Å². The van der Waals surface area contributed by atoms with Crippen LogP contribution in [0.5, 0.6) is 0 Å². The molecule has 0 bridgehead atoms. The van der Waals surface area contributed by atoms with Crippen molar-refractivity contribution in [2.75, 3.05) is 11.1 Å². The first-order valence-electron chi connectivity index (χ1n) is 8.27. The Labute approximate surface area is 164 Å². The second-order valence-corrected chi connectivity index (χ2v) is 6.55. The Morgan fingerprint density at radius 3 is 2.54 bits per heavy atom. The number of benzene rings is 2. The van der Waals surface area contributed by atoms with E-state index in [1.54, 1.807) is 12.1 Å². The molecule has 1 aromatic heterocycles. The van der Waals surface area contributed by atoms with Gasteiger partial charge in [-0.05, 0) is 48.5 Å². The number of furan rings is 1. The van der Waals surface area contributed by atoms with Gasteiger partial charge >= 0.3 is 0 Å². The van der Waals surface area contributed by atoms with Crippen LogP contribution in [0.3, 0.4) is 0 Å². The molecule has 2 N–H and O–H groups in total. The number of carbonyl (C=O) groups is 2. The minimum Gasteiger partial charge on any atom is -0.449 e. The SMILES string of the molecule is O=C(CSc1ccc(/C=N\NC(=O)c2ccc(F)cc2)o1)Nc1ccccc1. The second kappa shape index (κ2) is 9.52. The van der Waals surface area contributed by atoms with E-state index in [0.29, 0.717) is 16.4 Å². The van der Waals surface area contributed by atoms with Crippen LogP contribution in [-0.2, 0) is 4.79 Å². The molecule has 0 aliphatic rings. The van der Waals surface area contributed by atoms with E-state index in [9.17, 15) is 14.0 Å². The number of amides is 2. The largest absolute Gasteiger partial charge is 0.449 e. The van der Waals surface area contributed by atoms with Gasteiger partial charge in [-0.15, -0.1) is 0 Å². The number of rotatable bonds is 7. The molecule has 0 saturated carbocycles. The van der Waals surface area contributed by atoms with Gasteiger partial charge < -0.3 is 9.73 Å². The Kier molecular flexibility index (Phi) is 6.59. The second-order valence-electron chi connectivity index (χ2n) is 5.57. The molecule has 0 fully saturated rings. The number of thioether (sulfide) groups is 1. The summed E-state index contributed by atoms with van der Waals surface area (Å²) in [6, 6.07) is 17.7. The van der Waals surface area contributed by atoms with Crippen LogP contribution >= 0.6 is 11.8 Å². The van der Waals surface area contributed by atoms with Gasteiger partial charge in [0, 0.05) is 11.3 Å². The molecule has 0 spiro atoms. The van der Waals surface area contributed by atoms with Crippen molar-refractivity contribution < 1.29 is 18.4 Å². The zero-order valence-corrected chi connectivity index (χ0v) is 15.4. The predicted molar refractivity (Wildman–Crippen MR) is 106 cm³/mol. The number of hydrazone groups is 1. The fraction of sp³-hybridized carbons (Fsp3) is 0.0500. The number of hydrogen-bond acceptors (Lipinski definition) is 5. The summed E-state index contributed by atoms with van der Waals surface area (Å²) < 4.78 is 18.4. The molecule has 142 valence electrons. The lowest BCUT2D eigenvalue weighted by atomic mass is 10.2. The third-order valence-corrected chi connectivity index (χ3v) is 4.38. The summed E-state index contributed by atoms with van der Waals surface area (Å²) >= 11 is 1.24. The first kappa shape index (κ1) is 19.4. The molecule has 0 saturated heterocycles. The molecule has 0 aliphatic heterocycles. The van der Waals surface area contributed by atoms with Gasteiger partial charge in [-0.3, -0.25) is 9.59 Å². The molecule has 3 rings (SSSR count). The molecule has 1 heterocycles. The summed E-state index contributed by atoms with van der Waals surface area (Å²) in [5.74, 6) is -0.409. The fourth-order valence-corrected chi connectivity index (χ4v) is 2.82. The van der Waals surface area contributed by atoms with Crippen LogP contribution in [0.25, 0.3) is 0 Å². The Hall–Kier alpha value is -3.39. The number of anilines is 1. The maximum Gasteiger partial charge on any atom is 0.271 e. The van der Waals surface area contributed by atoms with E-state index >= 15 is 0 Å². The standard InChI is InChI=1S/C20H16FN3O3S/c21-15-8-6-14(7-9-15)20(26)24-22-12-17-10-11-19(27-17)28-13-18(25)23-16-4-2-1-3-5-16/h1-12H,13H2,(H,23,25)(H,24,26)/b22-12-. The molecular formula is C20H16FN3O3S. The van der Waals surface area contributed by atoms with Crippen LogP contribution in [0.4, 0.5) is 10.1 Å². The highest BCUT2D eigenvalue weighted by Gasteiger charge is 2.07. The van der Waals surface area contributed by atoms with Gasteiger partial charge in [0.25, 0.3) is 5.91 Å². The summed E-state index contributed by atoms with van der Waals surface area (Å²) in [5, 5.41) is 7.14. The van der Waals surface area contributed by atoms with Crippen LogP contribution in [-0.4, -0.2) is 23.8 Å². The molecular weight excluding hydrogens is 381 g/mol. The van der Waals surface area contributed by atoms with Gasteiger partial charge in [0.2, 0.25) is 5.91 Å². The van der Waals surface area contributed by atoms with Gasteiger partial charge in [0.15, 0.2) is 5.09 Å². The monoisotopic (exact) mass is 397 g/mol. The average molecular weight is 397 g/mol. The lowest BCUT2D eigenvalue weighted by Gasteiger charge is -2.03. The molecule has 0 unspecified atom stereocenters. The van der Waals surface area contributed by atoms with E-state index in [2.05, 4.69) is 15.8 Å². The summed E-state index contributed by atoms with van der Waals surface area (Å²) in [6.07, 6.45) is 1.34. The van der Waals surface area contributed by atoms with Gasteiger partial charge in [0.1, 0.15) is 11.6 Å². The van der Waals surface area contributed by atoms with E-state index in [-0.39, 0.29) is 11.7 Å². The molecule has 3 aromatic rings. The molecule has 0 radical (unpaired) electrons. The quantitative estimate of drug-likeness (QED) is 0.360. The molecule has 6 nitrogen and oxygen atoms in total. The minimum atomic E-state index is -0.463. The van der Waals surface area contributed by atoms with Crippen molar-refractivity contribution in [1.29, 1.82) is 0 Å². The topological polar surface area (TPSA) is 83.7 Å². The fourth-order valence-electron chi connectivity index (χ4n) is 2.16. The zero-order valence-electron chi connectivity index (χ0n) is 14.6. The van der Waals surface area contributed by atoms with E-state index in [0.717, 1.165) is 5.69 Å². The van der Waals surface area contributed by atoms with Crippen molar-refractivity contribution in [1.82, 2.24) is 5.43 Å². The van der Waals surface area contributed by atoms with Crippen molar-refractivity contribution in [3.8, 4) is 0 Å². The van der Waals surface area contributed by atoms with Gasteiger partial charge in [-0.25, -0.2) is 9.82 Å². The van der Waals surface area contributed by atoms with E-state index in [4.69, 9.17) is 4.42 Å². The smallest absolute Gasteiger partial charge is 0.271 e. The van der Waals surface area contributed by atoms with E-state index in [1.165, 1.54) is 42.2 Å². The van der Waals surface area contributed by atoms with Crippen LogP contribution in [0.15, 0.2) is 81.3 Å². The van der Waals surface area contributed by atoms with Crippen molar-refractivity contribution in [3.05, 3.63) is 83.9 Å². The highest BCUT2D eigenvalue weighted by molar-refractivity contribution is 7.99. The highest BCUT2D eigenvalue weighted by Crippen LogP contribution is 2.20. The summed E-state index contributed by atoms with van der Waals surface area (Å²) in [5.41, 5.74) is 3.35. The van der Waals surface area contributed by atoms with Crippen LogP contribution in [0.1, 0.15) is 16.1 Å². The number of carbonyl (C=O) groups excluding carboxylic acids is 2. The van der Waals surface area contributed by atoms with Gasteiger partial charge in [-0.1, -0.05) is 30.0 Å². The predicted octanol–water partition coefficient (Wildman–Crippen LogP) is 3.91. The Balaban J connectivity index is 1.45. The first-order chi connectivity index (χ1) is 13.6. The molecule has 28 heavy (non-hydrogen) atoms. The highest BCUT2D eigenvalue weighted by atomic mass is 32.2. The maximum absolute atomic E-state index is 12.8. The molecule has 0 atom stereocenters. The average Bonchev–Trinajstić information content (AvgIpc) is 3.15. The third-order valence-electron chi connectivity index (χ3n) is 3.47. The number of para-hydroxylation sites is 1. The Morgan fingerprint density at radius 1 is 1.04 bits per heavy atom.